The molecular formula is C29H30N4O3. The maximum atomic E-state index is 13.8. The van der Waals surface area contributed by atoms with Crippen molar-refractivity contribution < 1.29 is 14.4 Å². The van der Waals surface area contributed by atoms with Crippen LogP contribution in [-0.2, 0) is 22.4 Å². The smallest absolute Gasteiger partial charge is 0.325 e. The second kappa shape index (κ2) is 10.2. The van der Waals surface area contributed by atoms with Crippen molar-refractivity contribution in [2.45, 2.75) is 31.2 Å². The second-order valence-electron chi connectivity index (χ2n) is 9.49. The van der Waals surface area contributed by atoms with Gasteiger partial charge in [-0.1, -0.05) is 72.8 Å². The third kappa shape index (κ3) is 4.96. The van der Waals surface area contributed by atoms with Gasteiger partial charge in [0.25, 0.3) is 5.91 Å². The molecule has 0 atom stereocenters. The average molecular weight is 483 g/mol. The first-order valence-corrected chi connectivity index (χ1v) is 12.4. The average Bonchev–Trinajstić information content (AvgIpc) is 3.49. The molecule has 0 radical (unpaired) electrons. The van der Waals surface area contributed by atoms with Gasteiger partial charge in [-0.25, -0.2) is 4.79 Å². The molecule has 2 aliphatic heterocycles. The highest BCUT2D eigenvalue weighted by Gasteiger charge is 2.51. The first kappa shape index (κ1) is 23.6. The molecule has 2 N–H and O–H groups in total. The van der Waals surface area contributed by atoms with E-state index in [-0.39, 0.29) is 12.5 Å². The summed E-state index contributed by atoms with van der Waals surface area (Å²) in [5, 5.41) is 5.87. The number of carbonyl (C=O) groups is 3. The Labute approximate surface area is 211 Å². The molecule has 0 aromatic heterocycles. The number of carbonyl (C=O) groups excluding carboxylic acids is 3. The maximum absolute atomic E-state index is 13.8. The molecule has 0 aliphatic carbocycles. The summed E-state index contributed by atoms with van der Waals surface area (Å²) in [5.74, 6) is -0.788. The third-order valence-corrected chi connectivity index (χ3v) is 6.87. The number of imide groups is 1. The van der Waals surface area contributed by atoms with Crippen molar-refractivity contribution in [3.63, 3.8) is 0 Å². The van der Waals surface area contributed by atoms with Gasteiger partial charge in [0.2, 0.25) is 5.91 Å². The fraction of sp³-hybridized carbons (Fsp3) is 0.276. The van der Waals surface area contributed by atoms with Crippen molar-refractivity contribution in [1.29, 1.82) is 0 Å². The van der Waals surface area contributed by atoms with Gasteiger partial charge in [-0.2, -0.15) is 0 Å². The molecule has 7 nitrogen and oxygen atoms in total. The molecule has 2 fully saturated rings. The van der Waals surface area contributed by atoms with E-state index < -0.39 is 17.5 Å². The van der Waals surface area contributed by atoms with E-state index in [0.29, 0.717) is 18.5 Å². The predicted octanol–water partition coefficient (Wildman–Crippen LogP) is 4.00. The second-order valence-corrected chi connectivity index (χ2v) is 9.49. The number of nitrogens with one attached hydrogen (secondary N) is 2. The van der Waals surface area contributed by atoms with Crippen LogP contribution < -0.4 is 15.5 Å². The lowest BCUT2D eigenvalue weighted by atomic mass is 9.84. The molecule has 184 valence electrons. The Balaban J connectivity index is 1.35. The van der Waals surface area contributed by atoms with E-state index in [9.17, 15) is 14.4 Å². The van der Waals surface area contributed by atoms with Crippen molar-refractivity contribution in [2.75, 3.05) is 29.9 Å². The van der Waals surface area contributed by atoms with Crippen LogP contribution in [0.1, 0.15) is 24.0 Å². The van der Waals surface area contributed by atoms with Crippen LogP contribution in [0.25, 0.3) is 0 Å². The van der Waals surface area contributed by atoms with E-state index in [4.69, 9.17) is 0 Å². The van der Waals surface area contributed by atoms with Gasteiger partial charge >= 0.3 is 6.03 Å². The van der Waals surface area contributed by atoms with Crippen molar-refractivity contribution in [3.05, 3.63) is 96.1 Å². The molecular weight excluding hydrogens is 452 g/mol. The van der Waals surface area contributed by atoms with E-state index in [1.807, 2.05) is 84.9 Å². The minimum absolute atomic E-state index is 0.337. The number of benzene rings is 3. The van der Waals surface area contributed by atoms with Gasteiger partial charge in [-0.15, -0.1) is 0 Å². The van der Waals surface area contributed by atoms with Crippen molar-refractivity contribution in [1.82, 2.24) is 10.2 Å². The zero-order chi connectivity index (χ0) is 25.0. The summed E-state index contributed by atoms with van der Waals surface area (Å²) in [6.45, 7) is 1.55. The number of rotatable bonds is 8. The lowest BCUT2D eigenvalue weighted by Gasteiger charge is -2.27. The minimum atomic E-state index is -1.16. The molecule has 3 aromatic rings. The van der Waals surface area contributed by atoms with Crippen LogP contribution >= 0.6 is 0 Å². The molecule has 0 saturated carbocycles. The fourth-order valence-corrected chi connectivity index (χ4v) is 5.16. The van der Waals surface area contributed by atoms with Crippen molar-refractivity contribution >= 4 is 29.2 Å². The van der Waals surface area contributed by atoms with Gasteiger partial charge in [0, 0.05) is 25.9 Å². The predicted molar refractivity (Wildman–Crippen MR) is 140 cm³/mol. The van der Waals surface area contributed by atoms with Gasteiger partial charge in [-0.3, -0.25) is 14.5 Å². The zero-order valence-corrected chi connectivity index (χ0v) is 20.2. The van der Waals surface area contributed by atoms with Gasteiger partial charge in [0.15, 0.2) is 0 Å². The highest BCUT2D eigenvalue weighted by atomic mass is 16.2. The van der Waals surface area contributed by atoms with Crippen molar-refractivity contribution in [2.24, 2.45) is 0 Å². The Morgan fingerprint density at radius 2 is 1.36 bits per heavy atom. The first-order chi connectivity index (χ1) is 17.5. The third-order valence-electron chi connectivity index (χ3n) is 6.87. The topological polar surface area (TPSA) is 81.8 Å². The molecule has 3 aromatic carbocycles. The van der Waals surface area contributed by atoms with Crippen LogP contribution in [0.4, 0.5) is 16.2 Å². The monoisotopic (exact) mass is 482 g/mol. The number of hydrogen-bond acceptors (Lipinski definition) is 4. The molecule has 36 heavy (non-hydrogen) atoms. The van der Waals surface area contributed by atoms with Gasteiger partial charge in [0.05, 0.1) is 11.4 Å². The molecule has 2 heterocycles. The standard InChI is InChI=1S/C29H30N4O3/c34-26(30-24-15-7-8-16-25(24)32-17-9-10-18-32)21-33-27(35)29(31-28(33)36,19-22-11-3-1-4-12-22)20-23-13-5-2-6-14-23/h1-8,11-16H,9-10,17-21H2,(H,30,34)(H,31,36). The van der Waals surface area contributed by atoms with Crippen LogP contribution in [-0.4, -0.2) is 47.9 Å². The summed E-state index contributed by atoms with van der Waals surface area (Å²) in [6, 6.07) is 26.4. The van der Waals surface area contributed by atoms with Gasteiger partial charge < -0.3 is 15.5 Å². The Morgan fingerprint density at radius 3 is 1.97 bits per heavy atom. The molecule has 4 amide bonds. The molecule has 5 rings (SSSR count). The molecule has 2 aliphatic rings. The normalized spacial score (nSPS) is 16.8. The summed E-state index contributed by atoms with van der Waals surface area (Å²) in [4.78, 5) is 43.2. The number of anilines is 2. The Morgan fingerprint density at radius 1 is 0.806 bits per heavy atom. The summed E-state index contributed by atoms with van der Waals surface area (Å²) >= 11 is 0. The molecule has 0 spiro atoms. The van der Waals surface area contributed by atoms with Gasteiger partial charge in [0.1, 0.15) is 12.1 Å². The summed E-state index contributed by atoms with van der Waals surface area (Å²) in [7, 11) is 0. The van der Waals surface area contributed by atoms with Crippen molar-refractivity contribution in [3.8, 4) is 0 Å². The number of hydrogen-bond donors (Lipinski definition) is 2. The van der Waals surface area contributed by atoms with E-state index in [1.54, 1.807) is 0 Å². The Hall–Kier alpha value is -4.13. The lowest BCUT2D eigenvalue weighted by Crippen LogP contribution is -2.51. The highest BCUT2D eigenvalue weighted by Crippen LogP contribution is 2.30. The van der Waals surface area contributed by atoms with E-state index in [2.05, 4.69) is 15.5 Å². The number of nitrogens with zero attached hydrogens (tertiary/aromatic N) is 2. The van der Waals surface area contributed by atoms with Gasteiger partial charge in [-0.05, 0) is 36.1 Å². The minimum Gasteiger partial charge on any atom is -0.370 e. The fourth-order valence-electron chi connectivity index (χ4n) is 5.16. The van der Waals surface area contributed by atoms with Crippen LogP contribution in [0.5, 0.6) is 0 Å². The SMILES string of the molecule is O=C(CN1C(=O)NC(Cc2ccccc2)(Cc2ccccc2)C1=O)Nc1ccccc1N1CCCC1. The summed E-state index contributed by atoms with van der Waals surface area (Å²) < 4.78 is 0. The largest absolute Gasteiger partial charge is 0.370 e. The zero-order valence-electron chi connectivity index (χ0n) is 20.2. The lowest BCUT2D eigenvalue weighted by molar-refractivity contribution is -0.133. The number of para-hydroxylation sites is 2. The number of urea groups is 1. The highest BCUT2D eigenvalue weighted by molar-refractivity contribution is 6.10. The molecule has 7 heteroatoms. The Bertz CT molecular complexity index is 1200. The van der Waals surface area contributed by atoms with Crippen LogP contribution in [0.3, 0.4) is 0 Å². The first-order valence-electron chi connectivity index (χ1n) is 12.4. The summed E-state index contributed by atoms with van der Waals surface area (Å²) in [6.07, 6.45) is 2.91. The van der Waals surface area contributed by atoms with Crippen LogP contribution in [0.15, 0.2) is 84.9 Å². The van der Waals surface area contributed by atoms with E-state index in [1.165, 1.54) is 0 Å². The van der Waals surface area contributed by atoms with E-state index in [0.717, 1.165) is 47.6 Å². The number of amides is 4. The van der Waals surface area contributed by atoms with E-state index >= 15 is 0 Å². The summed E-state index contributed by atoms with van der Waals surface area (Å²) in [5.41, 5.74) is 2.37. The molecule has 2 saturated heterocycles. The quantitative estimate of drug-likeness (QED) is 0.476. The maximum Gasteiger partial charge on any atom is 0.325 e. The molecule has 0 bridgehead atoms. The van der Waals surface area contributed by atoms with Crippen LogP contribution in [0, 0.1) is 0 Å². The molecule has 0 unspecified atom stereocenters. The van der Waals surface area contributed by atoms with Crippen LogP contribution in [0.2, 0.25) is 0 Å². The Kier molecular flexibility index (Phi) is 6.71.